The van der Waals surface area contributed by atoms with Gasteiger partial charge in [-0.2, -0.15) is 0 Å². The average Bonchev–Trinajstić information content (AvgIpc) is 3.36. The number of nitrogens with zero attached hydrogens (tertiary/aromatic N) is 2. The average molecular weight is 444 g/mol. The van der Waals surface area contributed by atoms with Gasteiger partial charge in [0.1, 0.15) is 0 Å². The number of rotatable bonds is 9. The van der Waals surface area contributed by atoms with Gasteiger partial charge in [0.05, 0.1) is 24.9 Å². The number of piperidine rings is 1. The Morgan fingerprint density at radius 3 is 2.81 bits per heavy atom. The molecule has 0 radical (unpaired) electrons. The van der Waals surface area contributed by atoms with Gasteiger partial charge in [0.2, 0.25) is 0 Å². The third kappa shape index (κ3) is 6.69. The summed E-state index contributed by atoms with van der Waals surface area (Å²) >= 11 is 0. The van der Waals surface area contributed by atoms with Crippen molar-refractivity contribution in [3.8, 4) is 0 Å². The first-order valence-electron chi connectivity index (χ1n) is 12.8. The second-order valence-corrected chi connectivity index (χ2v) is 9.19. The Bertz CT molecular complexity index is 712. The number of aliphatic imine (C=N–C) groups is 1. The van der Waals surface area contributed by atoms with Crippen LogP contribution >= 0.6 is 0 Å². The molecule has 0 amide bonds. The molecule has 0 saturated carbocycles. The molecule has 2 fully saturated rings. The summed E-state index contributed by atoms with van der Waals surface area (Å²) < 4.78 is 18.1. The van der Waals surface area contributed by atoms with Crippen LogP contribution in [0.5, 0.6) is 0 Å². The Morgan fingerprint density at radius 2 is 2.00 bits per heavy atom. The first kappa shape index (κ1) is 23.5. The number of hydrogen-bond acceptors (Lipinski definition) is 4. The van der Waals surface area contributed by atoms with Crippen LogP contribution in [0.15, 0.2) is 29.3 Å². The SMILES string of the molecule is CCNC(=NCCCOC1CCCc2ccccc21)N1CCC(OCC2CCCO2)CC1. The number of hydrogen-bond donors (Lipinski definition) is 1. The molecule has 1 aliphatic carbocycles. The molecule has 2 unspecified atom stereocenters. The molecule has 1 aromatic rings. The summed E-state index contributed by atoms with van der Waals surface area (Å²) in [7, 11) is 0. The lowest BCUT2D eigenvalue weighted by Gasteiger charge is -2.34. The van der Waals surface area contributed by atoms with Gasteiger partial charge in [0, 0.05) is 39.4 Å². The number of benzene rings is 1. The molecule has 0 bridgehead atoms. The topological polar surface area (TPSA) is 55.3 Å². The number of guanidine groups is 1. The van der Waals surface area contributed by atoms with Crippen LogP contribution in [0, 0.1) is 0 Å². The van der Waals surface area contributed by atoms with Gasteiger partial charge in [-0.3, -0.25) is 4.99 Å². The van der Waals surface area contributed by atoms with E-state index in [1.165, 1.54) is 30.4 Å². The molecule has 2 saturated heterocycles. The Labute approximate surface area is 193 Å². The third-order valence-corrected chi connectivity index (χ3v) is 6.82. The fraction of sp³-hybridized carbons (Fsp3) is 0.731. The molecule has 2 heterocycles. The van der Waals surface area contributed by atoms with Crippen LogP contribution < -0.4 is 5.32 Å². The van der Waals surface area contributed by atoms with Gasteiger partial charge in [-0.05, 0) is 69.4 Å². The van der Waals surface area contributed by atoms with Crippen LogP contribution in [-0.4, -0.2) is 69.1 Å². The molecule has 2 atom stereocenters. The second kappa shape index (κ2) is 12.6. The number of fused-ring (bicyclic) bond motifs is 1. The standard InChI is InChI=1S/C26H41N3O3/c1-2-27-26(29-16-13-22(14-17-29)32-20-23-10-6-18-30-23)28-15-7-19-31-25-12-5-9-21-8-3-4-11-24(21)25/h3-4,8,11,22-23,25H,2,5-7,9-10,12-20H2,1H3,(H,27,28). The smallest absolute Gasteiger partial charge is 0.193 e. The van der Waals surface area contributed by atoms with E-state index in [4.69, 9.17) is 19.2 Å². The highest BCUT2D eigenvalue weighted by Gasteiger charge is 2.24. The minimum absolute atomic E-state index is 0.255. The van der Waals surface area contributed by atoms with Crippen molar-refractivity contribution in [1.82, 2.24) is 10.2 Å². The lowest BCUT2D eigenvalue weighted by atomic mass is 9.89. The molecule has 1 N–H and O–H groups in total. The predicted octanol–water partition coefficient (Wildman–Crippen LogP) is 4.10. The van der Waals surface area contributed by atoms with E-state index in [2.05, 4.69) is 41.4 Å². The van der Waals surface area contributed by atoms with Gasteiger partial charge < -0.3 is 24.4 Å². The Hall–Kier alpha value is -1.63. The number of aryl methyl sites for hydroxylation is 1. The third-order valence-electron chi connectivity index (χ3n) is 6.82. The molecule has 178 valence electrons. The van der Waals surface area contributed by atoms with Crippen molar-refractivity contribution in [2.45, 2.75) is 76.6 Å². The molecular formula is C26H41N3O3. The summed E-state index contributed by atoms with van der Waals surface area (Å²) in [6.45, 7) is 8.24. The lowest BCUT2D eigenvalue weighted by Crippen LogP contribution is -2.47. The number of nitrogens with one attached hydrogen (secondary N) is 1. The normalized spacial score (nSPS) is 24.5. The Morgan fingerprint density at radius 1 is 1.12 bits per heavy atom. The molecular weight excluding hydrogens is 402 g/mol. The molecule has 0 aromatic heterocycles. The van der Waals surface area contributed by atoms with Crippen LogP contribution in [0.2, 0.25) is 0 Å². The van der Waals surface area contributed by atoms with E-state index in [0.717, 1.165) is 84.1 Å². The van der Waals surface area contributed by atoms with Gasteiger partial charge in [-0.1, -0.05) is 24.3 Å². The van der Waals surface area contributed by atoms with Gasteiger partial charge in [0.15, 0.2) is 5.96 Å². The van der Waals surface area contributed by atoms with Crippen LogP contribution in [0.25, 0.3) is 0 Å². The lowest BCUT2D eigenvalue weighted by molar-refractivity contribution is -0.0367. The summed E-state index contributed by atoms with van der Waals surface area (Å²) in [5.41, 5.74) is 2.85. The highest BCUT2D eigenvalue weighted by molar-refractivity contribution is 5.80. The molecule has 0 spiro atoms. The summed E-state index contributed by atoms with van der Waals surface area (Å²) in [5.74, 6) is 1.04. The maximum absolute atomic E-state index is 6.25. The first-order valence-corrected chi connectivity index (χ1v) is 12.8. The van der Waals surface area contributed by atoms with E-state index in [-0.39, 0.29) is 6.10 Å². The van der Waals surface area contributed by atoms with Crippen LogP contribution in [0.3, 0.4) is 0 Å². The summed E-state index contributed by atoms with van der Waals surface area (Å²) in [6, 6.07) is 8.74. The molecule has 3 aliphatic rings. The first-order chi connectivity index (χ1) is 15.8. The van der Waals surface area contributed by atoms with Gasteiger partial charge in [0.25, 0.3) is 0 Å². The highest BCUT2D eigenvalue weighted by Crippen LogP contribution is 2.32. The molecule has 6 heteroatoms. The van der Waals surface area contributed by atoms with Gasteiger partial charge in [-0.15, -0.1) is 0 Å². The number of ether oxygens (including phenoxy) is 3. The monoisotopic (exact) mass is 443 g/mol. The Kier molecular flexibility index (Phi) is 9.24. The fourth-order valence-corrected chi connectivity index (χ4v) is 5.04. The zero-order chi connectivity index (χ0) is 22.0. The van der Waals surface area contributed by atoms with Crippen molar-refractivity contribution >= 4 is 5.96 Å². The van der Waals surface area contributed by atoms with Crippen molar-refractivity contribution in [3.63, 3.8) is 0 Å². The molecule has 32 heavy (non-hydrogen) atoms. The van der Waals surface area contributed by atoms with Crippen LogP contribution in [0.1, 0.15) is 69.1 Å². The minimum atomic E-state index is 0.255. The van der Waals surface area contributed by atoms with Crippen molar-refractivity contribution in [2.75, 3.05) is 46.0 Å². The van der Waals surface area contributed by atoms with E-state index in [1.54, 1.807) is 0 Å². The van der Waals surface area contributed by atoms with Crippen LogP contribution in [0.4, 0.5) is 0 Å². The largest absolute Gasteiger partial charge is 0.376 e. The number of likely N-dealkylation sites (tertiary alicyclic amines) is 1. The predicted molar refractivity (Wildman–Crippen MR) is 128 cm³/mol. The van der Waals surface area contributed by atoms with E-state index in [9.17, 15) is 0 Å². The summed E-state index contributed by atoms with van der Waals surface area (Å²) in [6.07, 6.45) is 9.85. The Balaban J connectivity index is 1.17. The second-order valence-electron chi connectivity index (χ2n) is 9.19. The highest BCUT2D eigenvalue weighted by atomic mass is 16.5. The van der Waals surface area contributed by atoms with Gasteiger partial charge >= 0.3 is 0 Å². The zero-order valence-corrected chi connectivity index (χ0v) is 19.8. The summed E-state index contributed by atoms with van der Waals surface area (Å²) in [4.78, 5) is 7.27. The molecule has 2 aliphatic heterocycles. The minimum Gasteiger partial charge on any atom is -0.376 e. The van der Waals surface area contributed by atoms with Crippen molar-refractivity contribution in [2.24, 2.45) is 4.99 Å². The van der Waals surface area contributed by atoms with E-state index in [1.807, 2.05) is 0 Å². The van der Waals surface area contributed by atoms with Crippen molar-refractivity contribution in [3.05, 3.63) is 35.4 Å². The fourth-order valence-electron chi connectivity index (χ4n) is 5.04. The van der Waals surface area contributed by atoms with Gasteiger partial charge in [-0.25, -0.2) is 0 Å². The molecule has 4 rings (SSSR count). The summed E-state index contributed by atoms with van der Waals surface area (Å²) in [5, 5.41) is 3.47. The maximum atomic E-state index is 6.25. The quantitative estimate of drug-likeness (QED) is 0.354. The van der Waals surface area contributed by atoms with E-state index >= 15 is 0 Å². The molecule has 1 aromatic carbocycles. The van der Waals surface area contributed by atoms with E-state index in [0.29, 0.717) is 12.2 Å². The maximum Gasteiger partial charge on any atom is 0.193 e. The van der Waals surface area contributed by atoms with E-state index < -0.39 is 0 Å². The molecule has 6 nitrogen and oxygen atoms in total. The zero-order valence-electron chi connectivity index (χ0n) is 19.8. The van der Waals surface area contributed by atoms with Crippen LogP contribution in [-0.2, 0) is 20.6 Å². The van der Waals surface area contributed by atoms with Crippen molar-refractivity contribution in [1.29, 1.82) is 0 Å². The van der Waals surface area contributed by atoms with Crippen molar-refractivity contribution < 1.29 is 14.2 Å².